The highest BCUT2D eigenvalue weighted by Crippen LogP contribution is 2.50. The number of anilines is 1. The number of halogens is 1. The lowest BCUT2D eigenvalue weighted by molar-refractivity contribution is 0.222. The molecule has 174 valence electrons. The first kappa shape index (κ1) is 20.5. The quantitative estimate of drug-likeness (QED) is 0.723. The Hall–Kier alpha value is -1.89. The second kappa shape index (κ2) is 7.82. The second-order valence-electron chi connectivity index (χ2n) is 10.8. The van der Waals surface area contributed by atoms with E-state index in [0.29, 0.717) is 30.7 Å². The van der Waals surface area contributed by atoms with Crippen molar-refractivity contribution in [2.45, 2.75) is 74.9 Å². The van der Waals surface area contributed by atoms with E-state index in [1.807, 2.05) is 6.07 Å². The Labute approximate surface area is 200 Å². The number of piperazine rings is 1. The van der Waals surface area contributed by atoms with E-state index in [-0.39, 0.29) is 5.41 Å². The van der Waals surface area contributed by atoms with Gasteiger partial charge in [0.15, 0.2) is 0 Å². The van der Waals surface area contributed by atoms with E-state index < -0.39 is 0 Å². The zero-order valence-corrected chi connectivity index (χ0v) is 19.8. The highest BCUT2D eigenvalue weighted by atomic mass is 35.5. The molecule has 0 amide bonds. The summed E-state index contributed by atoms with van der Waals surface area (Å²) in [5, 5.41) is 8.10. The molecule has 2 N–H and O–H groups in total. The maximum absolute atomic E-state index is 6.58. The first-order valence-electron chi connectivity index (χ1n) is 12.7. The number of rotatable bonds is 4. The van der Waals surface area contributed by atoms with Gasteiger partial charge in [0.2, 0.25) is 0 Å². The van der Waals surface area contributed by atoms with Gasteiger partial charge in [0.05, 0.1) is 5.69 Å². The number of aromatic nitrogens is 2. The minimum absolute atomic E-state index is 0.148. The fourth-order valence-electron chi connectivity index (χ4n) is 7.01. The number of piperidine rings is 1. The predicted molar refractivity (Wildman–Crippen MR) is 130 cm³/mol. The summed E-state index contributed by atoms with van der Waals surface area (Å²) < 4.78 is 6.22. The first-order valence-corrected chi connectivity index (χ1v) is 13.1. The molecule has 0 saturated carbocycles. The molecular weight excluding hydrogens is 434 g/mol. The molecule has 33 heavy (non-hydrogen) atoms. The van der Waals surface area contributed by atoms with Crippen molar-refractivity contribution in [2.75, 3.05) is 31.1 Å². The molecular formula is C26H32ClN5O. The van der Waals surface area contributed by atoms with E-state index in [4.69, 9.17) is 26.3 Å². The fraction of sp³-hybridized carbons (Fsp3) is 0.615. The smallest absolute Gasteiger partial charge is 0.318 e. The van der Waals surface area contributed by atoms with Gasteiger partial charge in [0.25, 0.3) is 0 Å². The molecule has 1 spiro atoms. The van der Waals surface area contributed by atoms with Gasteiger partial charge in [-0.05, 0) is 75.1 Å². The van der Waals surface area contributed by atoms with Crippen molar-refractivity contribution < 1.29 is 4.74 Å². The maximum atomic E-state index is 6.58. The minimum Gasteiger partial charge on any atom is -0.462 e. The van der Waals surface area contributed by atoms with Crippen LogP contribution in [-0.2, 0) is 24.7 Å². The molecule has 2 aromatic rings. The van der Waals surface area contributed by atoms with Gasteiger partial charge in [-0.2, -0.15) is 9.97 Å². The number of hydrogen-bond donors (Lipinski definition) is 2. The lowest BCUT2D eigenvalue weighted by atomic mass is 9.69. The molecule has 7 heteroatoms. The number of hydrogen-bond acceptors (Lipinski definition) is 6. The maximum Gasteiger partial charge on any atom is 0.318 e. The van der Waals surface area contributed by atoms with Crippen molar-refractivity contribution in [3.05, 3.63) is 45.6 Å². The van der Waals surface area contributed by atoms with E-state index in [1.165, 1.54) is 41.6 Å². The van der Waals surface area contributed by atoms with Crippen LogP contribution in [-0.4, -0.2) is 54.3 Å². The summed E-state index contributed by atoms with van der Waals surface area (Å²) >= 11 is 6.58. The molecule has 3 unspecified atom stereocenters. The molecule has 6 nitrogen and oxygen atoms in total. The summed E-state index contributed by atoms with van der Waals surface area (Å²) in [5.74, 6) is 1.13. The molecule has 6 aliphatic rings. The SMILES string of the molecule is Clc1cccc2c1CCC21CCc2c(nc(OC[C@@H]3CCCN3)nc2N2CC3CC(C2)N3)C1. The van der Waals surface area contributed by atoms with Crippen LogP contribution in [0.2, 0.25) is 5.02 Å². The van der Waals surface area contributed by atoms with Crippen molar-refractivity contribution in [2.24, 2.45) is 0 Å². The fourth-order valence-corrected chi connectivity index (χ4v) is 7.28. The van der Waals surface area contributed by atoms with Crippen LogP contribution in [0.1, 0.15) is 54.5 Å². The van der Waals surface area contributed by atoms with E-state index in [2.05, 4.69) is 27.7 Å². The van der Waals surface area contributed by atoms with E-state index in [9.17, 15) is 0 Å². The highest BCUT2D eigenvalue weighted by Gasteiger charge is 2.44. The topological polar surface area (TPSA) is 62.3 Å². The van der Waals surface area contributed by atoms with Gasteiger partial charge in [-0.25, -0.2) is 0 Å². The molecule has 0 radical (unpaired) electrons. The van der Waals surface area contributed by atoms with E-state index in [1.54, 1.807) is 0 Å². The van der Waals surface area contributed by atoms with E-state index >= 15 is 0 Å². The lowest BCUT2D eigenvalue weighted by Crippen LogP contribution is -2.67. The molecule has 1 aromatic heterocycles. The second-order valence-corrected chi connectivity index (χ2v) is 11.2. The summed E-state index contributed by atoms with van der Waals surface area (Å²) in [6.07, 6.45) is 9.04. The Bertz CT molecular complexity index is 1070. The molecule has 4 aliphatic heterocycles. The van der Waals surface area contributed by atoms with Crippen molar-refractivity contribution >= 4 is 17.4 Å². The van der Waals surface area contributed by atoms with Crippen LogP contribution in [0, 0.1) is 0 Å². The van der Waals surface area contributed by atoms with Crippen LogP contribution in [0.3, 0.4) is 0 Å². The first-order chi connectivity index (χ1) is 16.2. The summed E-state index contributed by atoms with van der Waals surface area (Å²) in [6, 6.07) is 8.62. The summed E-state index contributed by atoms with van der Waals surface area (Å²) in [5.41, 5.74) is 5.49. The molecule has 4 fully saturated rings. The molecule has 8 rings (SSSR count). The monoisotopic (exact) mass is 465 g/mol. The summed E-state index contributed by atoms with van der Waals surface area (Å²) in [7, 11) is 0. The van der Waals surface area contributed by atoms with Gasteiger partial charge in [0, 0.05) is 47.2 Å². The van der Waals surface area contributed by atoms with Crippen molar-refractivity contribution in [3.63, 3.8) is 0 Å². The predicted octanol–water partition coefficient (Wildman–Crippen LogP) is 3.18. The standard InChI is InChI=1S/C26H32ClN5O/c27-22-5-1-4-21-19(22)6-8-26(21)9-7-20-23(12-26)30-25(33-15-16-3-2-10-28-16)31-24(20)32-13-17-11-18(14-32)29-17/h1,4-5,16-18,28-29H,2-3,6-15H2/t16-,17?,18?,26?/m0/s1. The number of benzene rings is 1. The van der Waals surface area contributed by atoms with Crippen LogP contribution < -0.4 is 20.3 Å². The van der Waals surface area contributed by atoms with Gasteiger partial charge in [-0.3, -0.25) is 0 Å². The molecule has 2 aliphatic carbocycles. The third-order valence-electron chi connectivity index (χ3n) is 8.75. The third-order valence-corrected chi connectivity index (χ3v) is 9.11. The summed E-state index contributed by atoms with van der Waals surface area (Å²) in [6.45, 7) is 3.80. The van der Waals surface area contributed by atoms with E-state index in [0.717, 1.165) is 62.6 Å². The van der Waals surface area contributed by atoms with Crippen LogP contribution in [0.5, 0.6) is 6.01 Å². The largest absolute Gasteiger partial charge is 0.462 e. The highest BCUT2D eigenvalue weighted by molar-refractivity contribution is 6.31. The van der Waals surface area contributed by atoms with Gasteiger partial charge in [-0.15, -0.1) is 0 Å². The van der Waals surface area contributed by atoms with Crippen molar-refractivity contribution in [1.29, 1.82) is 0 Å². The minimum atomic E-state index is 0.148. The Morgan fingerprint density at radius 3 is 2.73 bits per heavy atom. The Morgan fingerprint density at radius 1 is 1.12 bits per heavy atom. The van der Waals surface area contributed by atoms with Crippen LogP contribution >= 0.6 is 11.6 Å². The van der Waals surface area contributed by atoms with Crippen molar-refractivity contribution in [3.8, 4) is 6.01 Å². The molecule has 5 heterocycles. The molecule has 4 saturated heterocycles. The molecule has 4 atom stereocenters. The number of fused-ring (bicyclic) bond motifs is 5. The normalized spacial score (nSPS) is 31.9. The zero-order chi connectivity index (χ0) is 22.0. The van der Waals surface area contributed by atoms with Gasteiger partial charge in [-0.1, -0.05) is 23.7 Å². The van der Waals surface area contributed by atoms with Gasteiger partial charge >= 0.3 is 6.01 Å². The number of nitrogens with zero attached hydrogens (tertiary/aromatic N) is 3. The van der Waals surface area contributed by atoms with Gasteiger partial charge in [0.1, 0.15) is 12.4 Å². The van der Waals surface area contributed by atoms with Crippen LogP contribution in [0.15, 0.2) is 18.2 Å². The Balaban J connectivity index is 1.24. The van der Waals surface area contributed by atoms with Crippen LogP contribution in [0.4, 0.5) is 5.82 Å². The van der Waals surface area contributed by atoms with Gasteiger partial charge < -0.3 is 20.3 Å². The van der Waals surface area contributed by atoms with Crippen LogP contribution in [0.25, 0.3) is 0 Å². The van der Waals surface area contributed by atoms with Crippen molar-refractivity contribution in [1.82, 2.24) is 20.6 Å². The zero-order valence-electron chi connectivity index (χ0n) is 19.1. The number of ether oxygens (including phenoxy) is 1. The average molecular weight is 466 g/mol. The average Bonchev–Trinajstić information content (AvgIpc) is 3.46. The molecule has 1 aromatic carbocycles. The third kappa shape index (κ3) is 3.44. The lowest BCUT2D eigenvalue weighted by Gasteiger charge is -2.49. The number of nitrogens with one attached hydrogen (secondary N) is 2. The summed E-state index contributed by atoms with van der Waals surface area (Å²) in [4.78, 5) is 12.5. The molecule has 2 bridgehead atoms. The Morgan fingerprint density at radius 2 is 1.94 bits per heavy atom. The Kier molecular flexibility index (Phi) is 4.86.